The van der Waals surface area contributed by atoms with Crippen molar-refractivity contribution in [2.75, 3.05) is 4.90 Å². The van der Waals surface area contributed by atoms with Gasteiger partial charge in [-0.1, -0.05) is 84.4 Å². The van der Waals surface area contributed by atoms with Crippen LogP contribution >= 0.6 is 11.6 Å². The number of hydrogen-bond donors (Lipinski definition) is 0. The van der Waals surface area contributed by atoms with Crippen LogP contribution in [0.4, 0.5) is 17.1 Å². The van der Waals surface area contributed by atoms with Crippen LogP contribution in [0, 0.1) is 0 Å². The minimum absolute atomic E-state index is 0.719. The van der Waals surface area contributed by atoms with Gasteiger partial charge >= 0.3 is 0 Å². The number of anilines is 3. The van der Waals surface area contributed by atoms with Gasteiger partial charge in [0.1, 0.15) is 0 Å². The van der Waals surface area contributed by atoms with E-state index in [0.29, 0.717) is 0 Å². The molecule has 7 aromatic rings. The summed E-state index contributed by atoms with van der Waals surface area (Å²) < 4.78 is 6.18. The van der Waals surface area contributed by atoms with E-state index in [1.54, 1.807) is 0 Å². The van der Waals surface area contributed by atoms with Crippen molar-refractivity contribution in [3.8, 4) is 33.8 Å². The zero-order chi connectivity index (χ0) is 27.3. The van der Waals surface area contributed by atoms with Gasteiger partial charge in [-0.3, -0.25) is 0 Å². The van der Waals surface area contributed by atoms with Crippen LogP contribution in [0.5, 0.6) is 11.5 Å². The summed E-state index contributed by atoms with van der Waals surface area (Å²) in [6.07, 6.45) is 0. The molecule has 0 saturated heterocycles. The molecule has 0 radical (unpaired) electrons. The van der Waals surface area contributed by atoms with Crippen molar-refractivity contribution >= 4 is 50.2 Å². The Labute approximate surface area is 243 Å². The number of para-hydroxylation sites is 4. The maximum Gasteiger partial charge on any atom is 0.151 e. The first kappa shape index (κ1) is 23.8. The topological polar surface area (TPSA) is 12.5 Å². The molecule has 3 heteroatoms. The first-order valence-electron chi connectivity index (χ1n) is 13.7. The van der Waals surface area contributed by atoms with Crippen molar-refractivity contribution in [1.82, 2.24) is 0 Å². The Hall–Kier alpha value is -5.05. The summed E-state index contributed by atoms with van der Waals surface area (Å²) in [6.45, 7) is 0. The predicted molar refractivity (Wildman–Crippen MR) is 172 cm³/mol. The molecule has 7 aromatic carbocycles. The van der Waals surface area contributed by atoms with Crippen molar-refractivity contribution in [2.24, 2.45) is 0 Å². The number of halogens is 1. The van der Waals surface area contributed by atoms with Crippen LogP contribution in [-0.2, 0) is 0 Å². The molecule has 1 aliphatic rings. The molecule has 0 aliphatic carbocycles. The molecule has 0 spiro atoms. The molecule has 1 aliphatic heterocycles. The van der Waals surface area contributed by atoms with Crippen molar-refractivity contribution in [3.63, 3.8) is 0 Å². The van der Waals surface area contributed by atoms with Gasteiger partial charge in [-0.05, 0) is 117 Å². The molecule has 0 unspecified atom stereocenters. The Morgan fingerprint density at radius 3 is 1.63 bits per heavy atom. The Balaban J connectivity index is 1.17. The summed E-state index contributed by atoms with van der Waals surface area (Å²) in [5.41, 5.74) is 7.55. The lowest BCUT2D eigenvalue weighted by Gasteiger charge is -2.32. The summed E-state index contributed by atoms with van der Waals surface area (Å²) in [5.74, 6) is 1.69. The van der Waals surface area contributed by atoms with E-state index >= 15 is 0 Å². The lowest BCUT2D eigenvalue weighted by atomic mass is 9.96. The van der Waals surface area contributed by atoms with Crippen LogP contribution in [-0.4, -0.2) is 0 Å². The van der Waals surface area contributed by atoms with E-state index in [4.69, 9.17) is 16.3 Å². The Kier molecular flexibility index (Phi) is 5.54. The van der Waals surface area contributed by atoms with E-state index in [2.05, 4.69) is 102 Å². The first-order chi connectivity index (χ1) is 20.2. The van der Waals surface area contributed by atoms with E-state index in [1.807, 2.05) is 48.5 Å². The average molecular weight is 546 g/mol. The number of hydrogen-bond acceptors (Lipinski definition) is 2. The quantitative estimate of drug-likeness (QED) is 0.205. The molecule has 41 heavy (non-hydrogen) atoms. The maximum atomic E-state index is 6.69. The van der Waals surface area contributed by atoms with Crippen LogP contribution in [0.3, 0.4) is 0 Å². The number of benzene rings is 7. The lowest BCUT2D eigenvalue weighted by molar-refractivity contribution is 0.477. The second kappa shape index (κ2) is 9.55. The summed E-state index contributed by atoms with van der Waals surface area (Å²) >= 11 is 6.69. The standard InChI is InChI=1S/C38H24ClNO/c39-33-23-31(22-32(24-33)29-14-13-28-19-26-7-1-2-8-27(26)20-30(28)21-29)25-15-17-34(18-16-25)40-35-9-3-5-11-37(35)41-38-12-6-4-10-36(38)40/h1-24H. The van der Waals surface area contributed by atoms with Gasteiger partial charge in [0.25, 0.3) is 0 Å². The number of fused-ring (bicyclic) bond motifs is 4. The molecule has 0 saturated carbocycles. The molecular formula is C38H24ClNO. The van der Waals surface area contributed by atoms with E-state index in [-0.39, 0.29) is 0 Å². The first-order valence-corrected chi connectivity index (χ1v) is 14.1. The smallest absolute Gasteiger partial charge is 0.151 e. The van der Waals surface area contributed by atoms with Gasteiger partial charge in [-0.2, -0.15) is 0 Å². The van der Waals surface area contributed by atoms with Crippen LogP contribution in [0.15, 0.2) is 146 Å². The molecule has 1 heterocycles. The Morgan fingerprint density at radius 1 is 0.415 bits per heavy atom. The van der Waals surface area contributed by atoms with Gasteiger partial charge in [0.2, 0.25) is 0 Å². The Morgan fingerprint density at radius 2 is 0.951 bits per heavy atom. The molecule has 0 atom stereocenters. The minimum atomic E-state index is 0.719. The second-order valence-corrected chi connectivity index (χ2v) is 10.8. The number of nitrogens with zero attached hydrogens (tertiary/aromatic N) is 1. The largest absolute Gasteiger partial charge is 0.453 e. The predicted octanol–water partition coefficient (Wildman–Crippen LogP) is 11.6. The highest BCUT2D eigenvalue weighted by Gasteiger charge is 2.25. The normalized spacial score (nSPS) is 12.2. The van der Waals surface area contributed by atoms with Crippen molar-refractivity contribution in [2.45, 2.75) is 0 Å². The monoisotopic (exact) mass is 545 g/mol. The summed E-state index contributed by atoms with van der Waals surface area (Å²) in [4.78, 5) is 2.25. The number of rotatable bonds is 3. The highest BCUT2D eigenvalue weighted by molar-refractivity contribution is 6.31. The highest BCUT2D eigenvalue weighted by Crippen LogP contribution is 2.50. The van der Waals surface area contributed by atoms with Crippen molar-refractivity contribution < 1.29 is 4.74 Å². The summed E-state index contributed by atoms with van der Waals surface area (Å²) in [6, 6.07) is 50.9. The zero-order valence-electron chi connectivity index (χ0n) is 22.1. The SMILES string of the molecule is Clc1cc(-c2ccc(N3c4ccccc4Oc4ccccc43)cc2)cc(-c2ccc3cc4ccccc4cc3c2)c1. The molecule has 0 fully saturated rings. The molecule has 2 nitrogen and oxygen atoms in total. The van der Waals surface area contributed by atoms with Gasteiger partial charge in [0.05, 0.1) is 11.4 Å². The minimum Gasteiger partial charge on any atom is -0.453 e. The molecule has 0 aromatic heterocycles. The highest BCUT2D eigenvalue weighted by atomic mass is 35.5. The third-order valence-corrected chi connectivity index (χ3v) is 8.05. The van der Waals surface area contributed by atoms with Gasteiger partial charge < -0.3 is 9.64 Å². The Bertz CT molecular complexity index is 2050. The van der Waals surface area contributed by atoms with Gasteiger partial charge in [-0.25, -0.2) is 0 Å². The lowest BCUT2D eigenvalue weighted by Crippen LogP contribution is -2.15. The van der Waals surface area contributed by atoms with Crippen molar-refractivity contribution in [3.05, 3.63) is 151 Å². The van der Waals surface area contributed by atoms with E-state index < -0.39 is 0 Å². The average Bonchev–Trinajstić information content (AvgIpc) is 3.02. The maximum absolute atomic E-state index is 6.69. The third-order valence-electron chi connectivity index (χ3n) is 7.83. The van der Waals surface area contributed by atoms with Gasteiger partial charge in [0, 0.05) is 10.7 Å². The van der Waals surface area contributed by atoms with E-state index in [9.17, 15) is 0 Å². The van der Waals surface area contributed by atoms with Crippen LogP contribution in [0.25, 0.3) is 43.8 Å². The van der Waals surface area contributed by atoms with Crippen molar-refractivity contribution in [1.29, 1.82) is 0 Å². The van der Waals surface area contributed by atoms with Crippen LogP contribution in [0.2, 0.25) is 5.02 Å². The summed E-state index contributed by atoms with van der Waals surface area (Å²) in [7, 11) is 0. The van der Waals surface area contributed by atoms with Gasteiger partial charge in [-0.15, -0.1) is 0 Å². The molecule has 0 bridgehead atoms. The zero-order valence-corrected chi connectivity index (χ0v) is 22.8. The number of ether oxygens (including phenoxy) is 1. The fourth-order valence-electron chi connectivity index (χ4n) is 5.83. The van der Waals surface area contributed by atoms with Crippen LogP contribution in [0.1, 0.15) is 0 Å². The fourth-order valence-corrected chi connectivity index (χ4v) is 6.06. The molecule has 0 N–H and O–H groups in total. The fraction of sp³-hybridized carbons (Fsp3) is 0. The van der Waals surface area contributed by atoms with E-state index in [0.717, 1.165) is 55.8 Å². The third kappa shape index (κ3) is 4.21. The second-order valence-electron chi connectivity index (χ2n) is 10.4. The molecule has 8 rings (SSSR count). The van der Waals surface area contributed by atoms with Gasteiger partial charge in [0.15, 0.2) is 11.5 Å². The molecular weight excluding hydrogens is 522 g/mol. The summed E-state index contributed by atoms with van der Waals surface area (Å²) in [5, 5.41) is 5.67. The van der Waals surface area contributed by atoms with E-state index in [1.165, 1.54) is 21.5 Å². The molecule has 194 valence electrons. The van der Waals surface area contributed by atoms with Crippen LogP contribution < -0.4 is 9.64 Å². The molecule has 0 amide bonds.